The lowest BCUT2D eigenvalue weighted by Gasteiger charge is -2.03. The Hall–Kier alpha value is -2.22. The molecule has 0 aliphatic carbocycles. The molecule has 0 saturated carbocycles. The molecule has 0 aliphatic rings. The van der Waals surface area contributed by atoms with Gasteiger partial charge in [-0.2, -0.15) is 15.5 Å². The van der Waals surface area contributed by atoms with Gasteiger partial charge < -0.3 is 4.74 Å². The monoisotopic (exact) mass is 245 g/mol. The van der Waals surface area contributed by atoms with Gasteiger partial charge in [-0.15, -0.1) is 0 Å². The summed E-state index contributed by atoms with van der Waals surface area (Å²) in [6.07, 6.45) is 0. The molecular weight excluding hydrogens is 230 g/mol. The number of hydrogen-bond donors (Lipinski definition) is 0. The van der Waals surface area contributed by atoms with E-state index in [9.17, 15) is 4.79 Å². The van der Waals surface area contributed by atoms with E-state index in [1.165, 1.54) is 0 Å². The van der Waals surface area contributed by atoms with Crippen molar-refractivity contribution in [2.75, 3.05) is 6.61 Å². The SMILES string of the molecule is CCOC(=O)[C@H](C#N)N=Nc1ccc(C)cc1C. The van der Waals surface area contributed by atoms with Crippen LogP contribution in [0.5, 0.6) is 0 Å². The lowest BCUT2D eigenvalue weighted by molar-refractivity contribution is -0.143. The summed E-state index contributed by atoms with van der Waals surface area (Å²) in [7, 11) is 0. The summed E-state index contributed by atoms with van der Waals surface area (Å²) in [6.45, 7) is 5.77. The Kier molecular flexibility index (Phi) is 5.00. The van der Waals surface area contributed by atoms with Crippen molar-refractivity contribution in [1.29, 1.82) is 5.26 Å². The average molecular weight is 245 g/mol. The number of azo groups is 1. The van der Waals surface area contributed by atoms with E-state index in [4.69, 9.17) is 10.00 Å². The maximum Gasteiger partial charge on any atom is 0.347 e. The quantitative estimate of drug-likeness (QED) is 0.604. The molecule has 1 aromatic rings. The van der Waals surface area contributed by atoms with E-state index in [1.807, 2.05) is 26.0 Å². The lowest BCUT2D eigenvalue weighted by Crippen LogP contribution is -2.19. The molecule has 0 heterocycles. The number of esters is 1. The van der Waals surface area contributed by atoms with Gasteiger partial charge in [-0.05, 0) is 32.4 Å². The van der Waals surface area contributed by atoms with Crippen molar-refractivity contribution in [3.05, 3.63) is 29.3 Å². The van der Waals surface area contributed by atoms with Crippen molar-refractivity contribution in [2.24, 2.45) is 10.2 Å². The Morgan fingerprint density at radius 2 is 2.22 bits per heavy atom. The van der Waals surface area contributed by atoms with Gasteiger partial charge in [0.1, 0.15) is 6.07 Å². The van der Waals surface area contributed by atoms with Gasteiger partial charge in [0.2, 0.25) is 0 Å². The third-order valence-corrected chi connectivity index (χ3v) is 2.27. The van der Waals surface area contributed by atoms with Gasteiger partial charge in [0.15, 0.2) is 0 Å². The second kappa shape index (κ2) is 6.50. The molecule has 5 heteroatoms. The normalized spacial score (nSPS) is 12.1. The Bertz CT molecular complexity index is 503. The molecule has 94 valence electrons. The van der Waals surface area contributed by atoms with Gasteiger partial charge in [0.05, 0.1) is 12.3 Å². The van der Waals surface area contributed by atoms with Gasteiger partial charge in [0.25, 0.3) is 6.04 Å². The predicted octanol–water partition coefficient (Wildman–Crippen LogP) is 2.84. The topological polar surface area (TPSA) is 74.8 Å². The van der Waals surface area contributed by atoms with Crippen molar-refractivity contribution in [3.63, 3.8) is 0 Å². The fourth-order valence-electron chi connectivity index (χ4n) is 1.38. The van der Waals surface area contributed by atoms with Gasteiger partial charge in [-0.3, -0.25) is 0 Å². The average Bonchev–Trinajstić information content (AvgIpc) is 2.32. The van der Waals surface area contributed by atoms with Crippen molar-refractivity contribution in [2.45, 2.75) is 26.8 Å². The number of benzene rings is 1. The standard InChI is InChI=1S/C13H15N3O2/c1-4-18-13(17)12(8-14)16-15-11-6-5-9(2)7-10(11)3/h5-7,12H,4H2,1-3H3/t12-/m0/s1. The summed E-state index contributed by atoms with van der Waals surface area (Å²) in [6, 6.07) is 6.20. The summed E-state index contributed by atoms with van der Waals surface area (Å²) < 4.78 is 4.72. The molecule has 0 aromatic heterocycles. The molecule has 0 N–H and O–H groups in total. The van der Waals surface area contributed by atoms with E-state index < -0.39 is 12.0 Å². The molecule has 1 rings (SSSR count). The number of hydrogen-bond acceptors (Lipinski definition) is 5. The maximum atomic E-state index is 11.3. The van der Waals surface area contributed by atoms with E-state index >= 15 is 0 Å². The number of ether oxygens (including phenoxy) is 1. The molecule has 0 spiro atoms. The molecule has 0 bridgehead atoms. The maximum absolute atomic E-state index is 11.3. The minimum absolute atomic E-state index is 0.218. The highest BCUT2D eigenvalue weighted by atomic mass is 16.5. The molecule has 0 amide bonds. The predicted molar refractivity (Wildman–Crippen MR) is 66.5 cm³/mol. The van der Waals surface area contributed by atoms with E-state index in [1.54, 1.807) is 19.1 Å². The molecule has 0 fully saturated rings. The smallest absolute Gasteiger partial charge is 0.347 e. The van der Waals surface area contributed by atoms with Crippen LogP contribution in [0.2, 0.25) is 0 Å². The number of aryl methyl sites for hydroxylation is 2. The van der Waals surface area contributed by atoms with Crippen molar-refractivity contribution < 1.29 is 9.53 Å². The zero-order valence-corrected chi connectivity index (χ0v) is 10.7. The summed E-state index contributed by atoms with van der Waals surface area (Å²) in [5.74, 6) is -0.673. The molecule has 1 aromatic carbocycles. The van der Waals surface area contributed by atoms with Crippen molar-refractivity contribution >= 4 is 11.7 Å². The first-order chi connectivity index (χ1) is 8.58. The molecule has 0 radical (unpaired) electrons. The van der Waals surface area contributed by atoms with Crippen molar-refractivity contribution in [1.82, 2.24) is 0 Å². The number of nitrogens with zero attached hydrogens (tertiary/aromatic N) is 3. The highest BCUT2D eigenvalue weighted by molar-refractivity contribution is 5.78. The zero-order valence-electron chi connectivity index (χ0n) is 10.7. The molecule has 0 saturated heterocycles. The van der Waals surface area contributed by atoms with Gasteiger partial charge in [-0.1, -0.05) is 17.7 Å². The molecule has 18 heavy (non-hydrogen) atoms. The lowest BCUT2D eigenvalue weighted by atomic mass is 10.1. The Morgan fingerprint density at radius 1 is 1.50 bits per heavy atom. The van der Waals surface area contributed by atoms with E-state index in [0.29, 0.717) is 5.69 Å². The minimum Gasteiger partial charge on any atom is -0.464 e. The number of carbonyl (C=O) groups is 1. The summed E-state index contributed by atoms with van der Waals surface area (Å²) in [5, 5.41) is 16.4. The van der Waals surface area contributed by atoms with E-state index in [2.05, 4.69) is 10.2 Å². The molecule has 1 atom stereocenters. The molecular formula is C13H15N3O2. The highest BCUT2D eigenvalue weighted by Crippen LogP contribution is 2.20. The molecule has 5 nitrogen and oxygen atoms in total. The van der Waals surface area contributed by atoms with Gasteiger partial charge in [0, 0.05) is 0 Å². The van der Waals surface area contributed by atoms with Crippen LogP contribution in [0.1, 0.15) is 18.1 Å². The fraction of sp³-hybridized carbons (Fsp3) is 0.385. The second-order valence-corrected chi connectivity index (χ2v) is 3.79. The van der Waals surface area contributed by atoms with Crippen LogP contribution in [0.4, 0.5) is 5.69 Å². The van der Waals surface area contributed by atoms with Crippen LogP contribution in [0.15, 0.2) is 28.4 Å². The fourth-order valence-corrected chi connectivity index (χ4v) is 1.38. The van der Waals surface area contributed by atoms with Crippen LogP contribution in [-0.4, -0.2) is 18.6 Å². The number of rotatable bonds is 4. The van der Waals surface area contributed by atoms with E-state index in [-0.39, 0.29) is 6.61 Å². The summed E-state index contributed by atoms with van der Waals surface area (Å²) >= 11 is 0. The van der Waals surface area contributed by atoms with Crippen LogP contribution >= 0.6 is 0 Å². The Morgan fingerprint density at radius 3 is 2.78 bits per heavy atom. The third kappa shape index (κ3) is 3.67. The number of nitriles is 1. The second-order valence-electron chi connectivity index (χ2n) is 3.79. The highest BCUT2D eigenvalue weighted by Gasteiger charge is 2.18. The van der Waals surface area contributed by atoms with Crippen LogP contribution in [0.3, 0.4) is 0 Å². The third-order valence-electron chi connectivity index (χ3n) is 2.27. The Labute approximate surface area is 106 Å². The first kappa shape index (κ1) is 13.8. The number of carbonyl (C=O) groups excluding carboxylic acids is 1. The first-order valence-corrected chi connectivity index (χ1v) is 5.62. The van der Waals surface area contributed by atoms with Crippen LogP contribution in [-0.2, 0) is 9.53 Å². The van der Waals surface area contributed by atoms with Crippen molar-refractivity contribution in [3.8, 4) is 6.07 Å². The zero-order chi connectivity index (χ0) is 13.5. The van der Waals surface area contributed by atoms with Crippen LogP contribution < -0.4 is 0 Å². The van der Waals surface area contributed by atoms with Gasteiger partial charge >= 0.3 is 5.97 Å². The first-order valence-electron chi connectivity index (χ1n) is 5.62. The Balaban J connectivity index is 2.84. The van der Waals surface area contributed by atoms with Crippen LogP contribution in [0.25, 0.3) is 0 Å². The van der Waals surface area contributed by atoms with E-state index in [0.717, 1.165) is 11.1 Å². The summed E-state index contributed by atoms with van der Waals surface area (Å²) in [4.78, 5) is 11.3. The summed E-state index contributed by atoms with van der Waals surface area (Å²) in [5.41, 5.74) is 2.71. The van der Waals surface area contributed by atoms with Gasteiger partial charge in [-0.25, -0.2) is 4.79 Å². The molecule has 0 unspecified atom stereocenters. The van der Waals surface area contributed by atoms with Crippen LogP contribution in [0, 0.1) is 25.2 Å². The molecule has 0 aliphatic heterocycles. The largest absolute Gasteiger partial charge is 0.464 e. The minimum atomic E-state index is -1.20.